The van der Waals surface area contributed by atoms with Gasteiger partial charge < -0.3 is 14.0 Å². The topological polar surface area (TPSA) is 36.3 Å². The summed E-state index contributed by atoms with van der Waals surface area (Å²) in [5.41, 5.74) is 4.44. The Bertz CT molecular complexity index is 1210. The molecule has 4 nitrogen and oxygen atoms in total. The van der Waals surface area contributed by atoms with Gasteiger partial charge in [-0.2, -0.15) is 0 Å². The van der Waals surface area contributed by atoms with Gasteiger partial charge in [0.15, 0.2) is 11.5 Å². The van der Waals surface area contributed by atoms with Crippen LogP contribution in [0, 0.1) is 0 Å². The van der Waals surface area contributed by atoms with E-state index in [1.54, 1.807) is 7.11 Å². The fraction of sp³-hybridized carbons (Fsp3) is 0.222. The number of benzene rings is 3. The lowest BCUT2D eigenvalue weighted by Crippen LogP contribution is -2.09. The summed E-state index contributed by atoms with van der Waals surface area (Å²) in [6, 6.07) is 22.2. The van der Waals surface area contributed by atoms with E-state index < -0.39 is 0 Å². The number of methoxy groups -OCH3 is 1. The Morgan fingerprint density at radius 2 is 1.81 bits per heavy atom. The smallest absolute Gasteiger partial charge is 0.161 e. The maximum Gasteiger partial charge on any atom is 0.161 e. The van der Waals surface area contributed by atoms with Crippen LogP contribution in [0.2, 0.25) is 5.02 Å². The fourth-order valence-electron chi connectivity index (χ4n) is 3.80. The Morgan fingerprint density at radius 3 is 2.59 bits per heavy atom. The lowest BCUT2D eigenvalue weighted by molar-refractivity contribution is 0.282. The first-order valence-electron chi connectivity index (χ1n) is 10.8. The standard InChI is InChI=1S/C27H27ClN2O2/c1-3-7-20-12-15-25(26(18-20)31-2)32-17-6-16-30-24-9-5-4-8-23(24)29-27(30)19-21-10-13-22(28)14-11-21/h3-5,7-15,18H,6,16-17,19H2,1-2H3/b7-3+. The summed E-state index contributed by atoms with van der Waals surface area (Å²) in [4.78, 5) is 4.88. The van der Waals surface area contributed by atoms with Crippen molar-refractivity contribution in [3.05, 3.63) is 94.8 Å². The van der Waals surface area contributed by atoms with Crippen molar-refractivity contribution >= 4 is 28.7 Å². The van der Waals surface area contributed by atoms with Crippen LogP contribution < -0.4 is 9.47 Å². The van der Waals surface area contributed by atoms with E-state index in [0.29, 0.717) is 6.61 Å². The molecule has 4 rings (SSSR count). The Kier molecular flexibility index (Phi) is 7.13. The summed E-state index contributed by atoms with van der Waals surface area (Å²) in [7, 11) is 1.67. The molecule has 0 radical (unpaired) electrons. The zero-order valence-corrected chi connectivity index (χ0v) is 19.2. The van der Waals surface area contributed by atoms with Crippen LogP contribution in [0.5, 0.6) is 11.5 Å². The average Bonchev–Trinajstić information content (AvgIpc) is 3.16. The molecule has 1 aromatic heterocycles. The number of aromatic nitrogens is 2. The molecule has 4 aromatic rings. The fourth-order valence-corrected chi connectivity index (χ4v) is 3.93. The van der Waals surface area contributed by atoms with E-state index in [-0.39, 0.29) is 0 Å². The van der Waals surface area contributed by atoms with Crippen LogP contribution in [0.15, 0.2) is 72.8 Å². The van der Waals surface area contributed by atoms with E-state index in [1.165, 1.54) is 5.56 Å². The number of allylic oxidation sites excluding steroid dienone is 1. The van der Waals surface area contributed by atoms with Crippen molar-refractivity contribution in [2.75, 3.05) is 13.7 Å². The highest BCUT2D eigenvalue weighted by Gasteiger charge is 2.12. The van der Waals surface area contributed by atoms with Gasteiger partial charge in [-0.05, 0) is 60.9 Å². The van der Waals surface area contributed by atoms with Crippen molar-refractivity contribution in [1.29, 1.82) is 0 Å². The zero-order chi connectivity index (χ0) is 22.3. The Hall–Kier alpha value is -3.24. The summed E-state index contributed by atoms with van der Waals surface area (Å²) in [6.07, 6.45) is 5.66. The number of halogens is 1. The van der Waals surface area contributed by atoms with E-state index in [0.717, 1.165) is 58.3 Å². The third-order valence-electron chi connectivity index (χ3n) is 5.34. The predicted octanol–water partition coefficient (Wildman–Crippen LogP) is 6.79. The predicted molar refractivity (Wildman–Crippen MR) is 132 cm³/mol. The van der Waals surface area contributed by atoms with Crippen LogP contribution in [0.25, 0.3) is 17.1 Å². The van der Waals surface area contributed by atoms with Crippen LogP contribution in [0.1, 0.15) is 30.3 Å². The molecule has 0 unspecified atom stereocenters. The normalized spacial score (nSPS) is 11.3. The summed E-state index contributed by atoms with van der Waals surface area (Å²) in [5, 5.41) is 0.744. The number of ether oxygens (including phenoxy) is 2. The van der Waals surface area contributed by atoms with Crippen LogP contribution in [0.3, 0.4) is 0 Å². The number of aryl methyl sites for hydroxylation is 1. The second-order valence-electron chi connectivity index (χ2n) is 7.58. The molecule has 0 atom stereocenters. The van der Waals surface area contributed by atoms with E-state index in [2.05, 4.69) is 34.9 Å². The van der Waals surface area contributed by atoms with Crippen molar-refractivity contribution in [2.45, 2.75) is 26.3 Å². The molecule has 0 amide bonds. The maximum atomic E-state index is 6.05. The van der Waals surface area contributed by atoms with Crippen LogP contribution in [0.4, 0.5) is 0 Å². The highest BCUT2D eigenvalue weighted by Crippen LogP contribution is 2.29. The second-order valence-corrected chi connectivity index (χ2v) is 8.02. The van der Waals surface area contributed by atoms with Gasteiger partial charge in [0.1, 0.15) is 5.82 Å². The first-order chi connectivity index (χ1) is 15.7. The maximum absolute atomic E-state index is 6.05. The quantitative estimate of drug-likeness (QED) is 0.265. The Morgan fingerprint density at radius 1 is 1.00 bits per heavy atom. The van der Waals surface area contributed by atoms with Gasteiger partial charge in [0, 0.05) is 18.0 Å². The monoisotopic (exact) mass is 446 g/mol. The molecule has 164 valence electrons. The number of rotatable bonds is 9. The number of imidazole rings is 1. The van der Waals surface area contributed by atoms with E-state index in [4.69, 9.17) is 26.1 Å². The molecule has 0 aliphatic heterocycles. The first-order valence-corrected chi connectivity index (χ1v) is 11.2. The average molecular weight is 447 g/mol. The van der Waals surface area contributed by atoms with Gasteiger partial charge in [-0.1, -0.05) is 54.1 Å². The van der Waals surface area contributed by atoms with Crippen molar-refractivity contribution in [2.24, 2.45) is 0 Å². The molecule has 32 heavy (non-hydrogen) atoms. The lowest BCUT2D eigenvalue weighted by atomic mass is 10.1. The summed E-state index contributed by atoms with van der Waals surface area (Å²) < 4.78 is 13.8. The van der Waals surface area contributed by atoms with Crippen LogP contribution >= 0.6 is 11.6 Å². The highest BCUT2D eigenvalue weighted by molar-refractivity contribution is 6.30. The molecule has 3 aromatic carbocycles. The molecular weight excluding hydrogens is 420 g/mol. The number of nitrogens with zero attached hydrogens (tertiary/aromatic N) is 2. The minimum absolute atomic E-state index is 0.589. The van der Waals surface area contributed by atoms with Crippen molar-refractivity contribution in [3.8, 4) is 11.5 Å². The van der Waals surface area contributed by atoms with E-state index >= 15 is 0 Å². The van der Waals surface area contributed by atoms with E-state index in [1.807, 2.05) is 55.5 Å². The van der Waals surface area contributed by atoms with Crippen molar-refractivity contribution in [3.63, 3.8) is 0 Å². The summed E-state index contributed by atoms with van der Waals surface area (Å²) >= 11 is 6.04. The molecule has 0 saturated carbocycles. The molecule has 0 spiro atoms. The Labute approximate surface area is 194 Å². The second kappa shape index (κ2) is 10.4. The third-order valence-corrected chi connectivity index (χ3v) is 5.59. The minimum Gasteiger partial charge on any atom is -0.493 e. The largest absolute Gasteiger partial charge is 0.493 e. The van der Waals surface area contributed by atoms with Gasteiger partial charge in [-0.3, -0.25) is 0 Å². The number of hydrogen-bond donors (Lipinski definition) is 0. The molecule has 0 aliphatic carbocycles. The van der Waals surface area contributed by atoms with Gasteiger partial charge in [-0.25, -0.2) is 4.98 Å². The van der Waals surface area contributed by atoms with Gasteiger partial charge in [0.25, 0.3) is 0 Å². The van der Waals surface area contributed by atoms with Crippen LogP contribution in [-0.4, -0.2) is 23.3 Å². The number of fused-ring (bicyclic) bond motifs is 1. The molecule has 0 fully saturated rings. The molecule has 5 heteroatoms. The molecular formula is C27H27ClN2O2. The van der Waals surface area contributed by atoms with E-state index in [9.17, 15) is 0 Å². The third kappa shape index (κ3) is 5.14. The minimum atomic E-state index is 0.589. The first kappa shape index (κ1) is 22.0. The highest BCUT2D eigenvalue weighted by atomic mass is 35.5. The van der Waals surface area contributed by atoms with Crippen LogP contribution in [-0.2, 0) is 13.0 Å². The summed E-state index contributed by atoms with van der Waals surface area (Å²) in [5.74, 6) is 2.55. The lowest BCUT2D eigenvalue weighted by Gasteiger charge is -2.13. The number of para-hydroxylation sites is 2. The zero-order valence-electron chi connectivity index (χ0n) is 18.4. The molecule has 1 heterocycles. The van der Waals surface area contributed by atoms with Gasteiger partial charge >= 0.3 is 0 Å². The van der Waals surface area contributed by atoms with Gasteiger partial charge in [0.05, 0.1) is 24.8 Å². The van der Waals surface area contributed by atoms with Gasteiger partial charge in [-0.15, -0.1) is 0 Å². The van der Waals surface area contributed by atoms with Crippen molar-refractivity contribution in [1.82, 2.24) is 9.55 Å². The molecule has 0 aliphatic rings. The molecule has 0 saturated heterocycles. The van der Waals surface area contributed by atoms with Gasteiger partial charge in [0.2, 0.25) is 0 Å². The number of hydrogen-bond acceptors (Lipinski definition) is 3. The summed E-state index contributed by atoms with van der Waals surface area (Å²) in [6.45, 7) is 3.41. The van der Waals surface area contributed by atoms with Crippen molar-refractivity contribution < 1.29 is 9.47 Å². The Balaban J connectivity index is 1.46. The molecule has 0 bridgehead atoms. The molecule has 0 N–H and O–H groups in total. The SMILES string of the molecule is C/C=C/c1ccc(OCCCn2c(Cc3ccc(Cl)cc3)nc3ccccc32)c(OC)c1.